The molecule has 1 amide bonds. The topological polar surface area (TPSA) is 67.8 Å². The zero-order chi connectivity index (χ0) is 15.0. The third-order valence-corrected chi connectivity index (χ3v) is 2.97. The lowest BCUT2D eigenvalue weighted by Gasteiger charge is -2.09. The molecule has 1 aromatic rings. The Morgan fingerprint density at radius 3 is 2.90 bits per heavy atom. The zero-order valence-electron chi connectivity index (χ0n) is 11.4. The van der Waals surface area contributed by atoms with Crippen molar-refractivity contribution in [2.75, 3.05) is 27.4 Å². The van der Waals surface area contributed by atoms with Gasteiger partial charge in [0.1, 0.15) is 5.75 Å². The molecule has 1 aromatic carbocycles. The Balaban J connectivity index is 2.59. The van der Waals surface area contributed by atoms with Crippen molar-refractivity contribution in [1.29, 1.82) is 0 Å². The van der Waals surface area contributed by atoms with Crippen molar-refractivity contribution in [3.8, 4) is 5.75 Å². The van der Waals surface area contributed by atoms with Gasteiger partial charge in [0.2, 0.25) is 5.91 Å². The number of methoxy groups -OCH3 is 2. The Hall–Kier alpha value is -1.37. The van der Waals surface area contributed by atoms with E-state index in [0.29, 0.717) is 5.75 Å². The van der Waals surface area contributed by atoms with E-state index in [4.69, 9.17) is 9.47 Å². The Morgan fingerprint density at radius 1 is 1.50 bits per heavy atom. The second kappa shape index (κ2) is 8.73. The van der Waals surface area contributed by atoms with Crippen LogP contribution in [-0.4, -0.2) is 44.5 Å². The van der Waals surface area contributed by atoms with E-state index < -0.39 is 6.10 Å². The minimum absolute atomic E-state index is 0.145. The molecule has 0 saturated carbocycles. The van der Waals surface area contributed by atoms with Crippen LogP contribution in [0.5, 0.6) is 5.75 Å². The molecular formula is C14H18BrNO4. The molecule has 1 unspecified atom stereocenters. The van der Waals surface area contributed by atoms with Crippen molar-refractivity contribution in [1.82, 2.24) is 5.32 Å². The van der Waals surface area contributed by atoms with Crippen molar-refractivity contribution in [2.45, 2.75) is 6.10 Å². The van der Waals surface area contributed by atoms with Gasteiger partial charge in [-0.3, -0.25) is 4.79 Å². The summed E-state index contributed by atoms with van der Waals surface area (Å²) in [6.45, 7) is 0.329. The first-order chi connectivity index (χ1) is 9.56. The lowest BCUT2D eigenvalue weighted by molar-refractivity contribution is -0.117. The first-order valence-electron chi connectivity index (χ1n) is 6.03. The summed E-state index contributed by atoms with van der Waals surface area (Å²) in [5.41, 5.74) is 0.787. The fraction of sp³-hybridized carbons (Fsp3) is 0.357. The first kappa shape index (κ1) is 16.7. The fourth-order valence-electron chi connectivity index (χ4n) is 1.53. The van der Waals surface area contributed by atoms with Gasteiger partial charge in [0, 0.05) is 29.8 Å². The molecule has 0 radical (unpaired) electrons. The van der Waals surface area contributed by atoms with Gasteiger partial charge in [0.25, 0.3) is 0 Å². The molecule has 6 heteroatoms. The summed E-state index contributed by atoms with van der Waals surface area (Å²) in [7, 11) is 3.06. The van der Waals surface area contributed by atoms with Crippen LogP contribution in [0, 0.1) is 0 Å². The van der Waals surface area contributed by atoms with Gasteiger partial charge in [0.15, 0.2) is 0 Å². The monoisotopic (exact) mass is 343 g/mol. The molecule has 0 heterocycles. The second-order valence-corrected chi connectivity index (χ2v) is 4.99. The highest BCUT2D eigenvalue weighted by molar-refractivity contribution is 9.10. The lowest BCUT2D eigenvalue weighted by atomic mass is 10.2. The summed E-state index contributed by atoms with van der Waals surface area (Å²) in [6, 6.07) is 5.52. The number of carbonyl (C=O) groups is 1. The molecule has 5 nitrogen and oxygen atoms in total. The van der Waals surface area contributed by atoms with Gasteiger partial charge in [-0.05, 0) is 24.3 Å². The smallest absolute Gasteiger partial charge is 0.244 e. The Kier molecular flexibility index (Phi) is 7.28. The minimum atomic E-state index is -0.710. The summed E-state index contributed by atoms with van der Waals surface area (Å²) in [6.07, 6.45) is 2.34. The minimum Gasteiger partial charge on any atom is -0.496 e. The molecule has 0 aromatic heterocycles. The lowest BCUT2D eigenvalue weighted by Crippen LogP contribution is -2.33. The van der Waals surface area contributed by atoms with Crippen LogP contribution in [0.1, 0.15) is 5.56 Å². The average Bonchev–Trinajstić information content (AvgIpc) is 2.43. The van der Waals surface area contributed by atoms with Gasteiger partial charge in [-0.1, -0.05) is 15.9 Å². The number of aliphatic hydroxyl groups excluding tert-OH is 1. The summed E-state index contributed by atoms with van der Waals surface area (Å²) < 4.78 is 10.9. The van der Waals surface area contributed by atoms with Gasteiger partial charge in [-0.15, -0.1) is 0 Å². The molecule has 0 saturated heterocycles. The van der Waals surface area contributed by atoms with Crippen LogP contribution in [0.25, 0.3) is 6.08 Å². The summed E-state index contributed by atoms with van der Waals surface area (Å²) in [5, 5.41) is 12.0. The molecule has 1 rings (SSSR count). The van der Waals surface area contributed by atoms with E-state index in [9.17, 15) is 9.90 Å². The second-order valence-electron chi connectivity index (χ2n) is 4.07. The Labute approximate surface area is 126 Å². The van der Waals surface area contributed by atoms with E-state index in [2.05, 4.69) is 21.2 Å². The molecule has 0 aliphatic heterocycles. The van der Waals surface area contributed by atoms with E-state index in [1.165, 1.54) is 13.2 Å². The quantitative estimate of drug-likeness (QED) is 0.738. The maximum atomic E-state index is 11.6. The molecular weight excluding hydrogens is 326 g/mol. The molecule has 0 fully saturated rings. The largest absolute Gasteiger partial charge is 0.496 e. The molecule has 0 spiro atoms. The van der Waals surface area contributed by atoms with Gasteiger partial charge >= 0.3 is 0 Å². The van der Waals surface area contributed by atoms with E-state index in [0.717, 1.165) is 10.0 Å². The van der Waals surface area contributed by atoms with Crippen LogP contribution >= 0.6 is 15.9 Å². The number of rotatable bonds is 7. The van der Waals surface area contributed by atoms with E-state index >= 15 is 0 Å². The van der Waals surface area contributed by atoms with Gasteiger partial charge in [0.05, 0.1) is 19.8 Å². The van der Waals surface area contributed by atoms with Crippen LogP contribution in [0.4, 0.5) is 0 Å². The molecule has 0 aliphatic carbocycles. The highest BCUT2D eigenvalue weighted by atomic mass is 79.9. The van der Waals surface area contributed by atoms with E-state index in [1.54, 1.807) is 13.2 Å². The number of amides is 1. The Bertz CT molecular complexity index is 476. The fourth-order valence-corrected chi connectivity index (χ4v) is 1.91. The number of benzene rings is 1. The van der Waals surface area contributed by atoms with E-state index in [1.807, 2.05) is 18.2 Å². The molecule has 110 valence electrons. The third kappa shape index (κ3) is 5.73. The van der Waals surface area contributed by atoms with Crippen LogP contribution in [0.2, 0.25) is 0 Å². The number of hydrogen-bond acceptors (Lipinski definition) is 4. The maximum Gasteiger partial charge on any atom is 0.244 e. The Morgan fingerprint density at radius 2 is 2.25 bits per heavy atom. The highest BCUT2D eigenvalue weighted by Gasteiger charge is 2.05. The van der Waals surface area contributed by atoms with Gasteiger partial charge in [-0.25, -0.2) is 0 Å². The van der Waals surface area contributed by atoms with Crippen LogP contribution in [-0.2, 0) is 9.53 Å². The maximum absolute atomic E-state index is 11.6. The van der Waals surface area contributed by atoms with Gasteiger partial charge in [-0.2, -0.15) is 0 Å². The molecule has 0 bridgehead atoms. The van der Waals surface area contributed by atoms with Crippen molar-refractivity contribution in [3.63, 3.8) is 0 Å². The summed E-state index contributed by atoms with van der Waals surface area (Å²) in [5.74, 6) is 0.388. The molecule has 20 heavy (non-hydrogen) atoms. The van der Waals surface area contributed by atoms with Crippen molar-refractivity contribution >= 4 is 27.9 Å². The summed E-state index contributed by atoms with van der Waals surface area (Å²) >= 11 is 3.36. The number of ether oxygens (including phenoxy) is 2. The number of nitrogens with one attached hydrogen (secondary N) is 1. The predicted molar refractivity (Wildman–Crippen MR) is 80.6 cm³/mol. The average molecular weight is 344 g/mol. The van der Waals surface area contributed by atoms with Gasteiger partial charge < -0.3 is 19.9 Å². The number of aliphatic hydroxyl groups is 1. The zero-order valence-corrected chi connectivity index (χ0v) is 13.0. The van der Waals surface area contributed by atoms with Crippen LogP contribution in [0.15, 0.2) is 28.7 Å². The molecule has 2 N–H and O–H groups in total. The molecule has 1 atom stereocenters. The summed E-state index contributed by atoms with van der Waals surface area (Å²) in [4.78, 5) is 11.6. The van der Waals surface area contributed by atoms with E-state index in [-0.39, 0.29) is 19.1 Å². The normalized spacial score (nSPS) is 12.4. The van der Waals surface area contributed by atoms with Crippen molar-refractivity contribution in [2.24, 2.45) is 0 Å². The first-order valence-corrected chi connectivity index (χ1v) is 6.82. The SMILES string of the molecule is COCC(O)CNC(=O)C=Cc1cc(Br)ccc1OC. The van der Waals surface area contributed by atoms with Crippen molar-refractivity contribution in [3.05, 3.63) is 34.3 Å². The van der Waals surface area contributed by atoms with Crippen LogP contribution < -0.4 is 10.1 Å². The highest BCUT2D eigenvalue weighted by Crippen LogP contribution is 2.23. The number of hydrogen-bond donors (Lipinski definition) is 2. The standard InChI is InChI=1S/C14H18BrNO4/c1-19-9-12(17)8-16-14(18)6-3-10-7-11(15)4-5-13(10)20-2/h3-7,12,17H,8-9H2,1-2H3,(H,16,18). The predicted octanol–water partition coefficient (Wildman–Crippen LogP) is 1.59. The number of carbonyl (C=O) groups excluding carboxylic acids is 1. The molecule has 0 aliphatic rings. The number of halogens is 1. The van der Waals surface area contributed by atoms with Crippen LogP contribution in [0.3, 0.4) is 0 Å². The third-order valence-electron chi connectivity index (χ3n) is 2.48. The van der Waals surface area contributed by atoms with Crippen molar-refractivity contribution < 1.29 is 19.4 Å².